The van der Waals surface area contributed by atoms with Gasteiger partial charge in [0.1, 0.15) is 5.75 Å². The molecule has 0 amide bonds. The lowest BCUT2D eigenvalue weighted by atomic mass is 10.2. The lowest BCUT2D eigenvalue weighted by Gasteiger charge is -2.09. The molecular weight excluding hydrogens is 316 g/mol. The van der Waals surface area contributed by atoms with E-state index < -0.39 is 0 Å². The molecule has 1 fully saturated rings. The van der Waals surface area contributed by atoms with Crippen LogP contribution in [-0.2, 0) is 6.54 Å². The highest BCUT2D eigenvalue weighted by molar-refractivity contribution is 9.10. The summed E-state index contributed by atoms with van der Waals surface area (Å²) in [5, 5.41) is 3.47. The van der Waals surface area contributed by atoms with Crippen LogP contribution in [0.5, 0.6) is 11.6 Å². The predicted molar refractivity (Wildman–Crippen MR) is 83.1 cm³/mol. The van der Waals surface area contributed by atoms with Gasteiger partial charge in [0.05, 0.1) is 0 Å². The molecule has 0 saturated heterocycles. The molecule has 1 aliphatic carbocycles. The Kier molecular flexibility index (Phi) is 4.03. The topological polar surface area (TPSA) is 34.1 Å². The van der Waals surface area contributed by atoms with E-state index in [-0.39, 0.29) is 0 Å². The molecule has 1 heterocycles. The van der Waals surface area contributed by atoms with Crippen LogP contribution >= 0.6 is 15.9 Å². The smallest absolute Gasteiger partial charge is 0.219 e. The quantitative estimate of drug-likeness (QED) is 0.891. The third kappa shape index (κ3) is 3.58. The number of pyridine rings is 1. The van der Waals surface area contributed by atoms with Crippen LogP contribution in [0.15, 0.2) is 41.0 Å². The number of aryl methyl sites for hydroxylation is 1. The van der Waals surface area contributed by atoms with Gasteiger partial charge in [-0.1, -0.05) is 28.1 Å². The predicted octanol–water partition coefficient (Wildman–Crippen LogP) is 4.20. The third-order valence-electron chi connectivity index (χ3n) is 3.33. The fraction of sp³-hybridized carbons (Fsp3) is 0.312. The van der Waals surface area contributed by atoms with Crippen molar-refractivity contribution < 1.29 is 4.74 Å². The number of aromatic nitrogens is 1. The summed E-state index contributed by atoms with van der Waals surface area (Å²) in [5.74, 6) is 1.46. The van der Waals surface area contributed by atoms with Gasteiger partial charge < -0.3 is 10.1 Å². The van der Waals surface area contributed by atoms with Crippen LogP contribution < -0.4 is 10.1 Å². The van der Waals surface area contributed by atoms with Gasteiger partial charge in [0, 0.05) is 29.3 Å². The monoisotopic (exact) mass is 332 g/mol. The Bertz CT molecular complexity index is 594. The summed E-state index contributed by atoms with van der Waals surface area (Å²) in [7, 11) is 0. The van der Waals surface area contributed by atoms with E-state index in [1.54, 1.807) is 0 Å². The summed E-state index contributed by atoms with van der Waals surface area (Å²) in [5.41, 5.74) is 2.28. The summed E-state index contributed by atoms with van der Waals surface area (Å²) < 4.78 is 6.82. The first kappa shape index (κ1) is 13.6. The number of halogens is 1. The van der Waals surface area contributed by atoms with Gasteiger partial charge in [-0.25, -0.2) is 4.98 Å². The van der Waals surface area contributed by atoms with Crippen molar-refractivity contribution in [3.63, 3.8) is 0 Å². The highest BCUT2D eigenvalue weighted by atomic mass is 79.9. The minimum absolute atomic E-state index is 0.626. The molecule has 0 bridgehead atoms. The Morgan fingerprint density at radius 2 is 2.15 bits per heavy atom. The van der Waals surface area contributed by atoms with Gasteiger partial charge in [0.25, 0.3) is 0 Å². The number of ether oxygens (including phenoxy) is 1. The van der Waals surface area contributed by atoms with Crippen molar-refractivity contribution in [2.75, 3.05) is 0 Å². The number of hydrogen-bond donors (Lipinski definition) is 1. The SMILES string of the molecule is Cc1ccc(Br)cc1Oc1ccc(CNC2CC2)cn1. The van der Waals surface area contributed by atoms with Crippen LogP contribution in [0.3, 0.4) is 0 Å². The van der Waals surface area contributed by atoms with Gasteiger partial charge >= 0.3 is 0 Å². The van der Waals surface area contributed by atoms with Gasteiger partial charge in [-0.2, -0.15) is 0 Å². The second-order valence-electron chi connectivity index (χ2n) is 5.17. The maximum Gasteiger partial charge on any atom is 0.219 e. The third-order valence-corrected chi connectivity index (χ3v) is 3.83. The van der Waals surface area contributed by atoms with Crippen LogP contribution in [-0.4, -0.2) is 11.0 Å². The number of rotatable bonds is 5. The number of hydrogen-bond acceptors (Lipinski definition) is 3. The molecule has 0 radical (unpaired) electrons. The second kappa shape index (κ2) is 5.94. The minimum Gasteiger partial charge on any atom is -0.439 e. The molecule has 0 atom stereocenters. The van der Waals surface area contributed by atoms with Crippen molar-refractivity contribution in [3.8, 4) is 11.6 Å². The molecule has 1 saturated carbocycles. The van der Waals surface area contributed by atoms with Gasteiger partial charge in [0.15, 0.2) is 0 Å². The van der Waals surface area contributed by atoms with Crippen molar-refractivity contribution in [3.05, 3.63) is 52.1 Å². The maximum absolute atomic E-state index is 5.82. The van der Waals surface area contributed by atoms with Gasteiger partial charge in [-0.3, -0.25) is 0 Å². The van der Waals surface area contributed by atoms with Gasteiger partial charge in [-0.05, 0) is 43.0 Å². The van der Waals surface area contributed by atoms with E-state index in [1.165, 1.54) is 18.4 Å². The Morgan fingerprint density at radius 3 is 2.85 bits per heavy atom. The summed E-state index contributed by atoms with van der Waals surface area (Å²) in [6.07, 6.45) is 4.48. The molecule has 0 aliphatic heterocycles. The van der Waals surface area contributed by atoms with E-state index in [4.69, 9.17) is 4.74 Å². The second-order valence-corrected chi connectivity index (χ2v) is 6.09. The number of nitrogens with zero attached hydrogens (tertiary/aromatic N) is 1. The van der Waals surface area contributed by atoms with Gasteiger partial charge in [-0.15, -0.1) is 0 Å². The molecule has 1 N–H and O–H groups in total. The fourth-order valence-electron chi connectivity index (χ4n) is 1.92. The average Bonchev–Trinajstić information content (AvgIpc) is 3.26. The van der Waals surface area contributed by atoms with E-state index in [2.05, 4.69) is 32.3 Å². The summed E-state index contributed by atoms with van der Waals surface area (Å²) in [4.78, 5) is 4.37. The lowest BCUT2D eigenvalue weighted by Crippen LogP contribution is -2.15. The Morgan fingerprint density at radius 1 is 1.30 bits per heavy atom. The van der Waals surface area contributed by atoms with Crippen molar-refractivity contribution >= 4 is 15.9 Å². The van der Waals surface area contributed by atoms with Crippen molar-refractivity contribution in [1.29, 1.82) is 0 Å². The Balaban J connectivity index is 1.66. The van der Waals surface area contributed by atoms with Crippen LogP contribution in [0.2, 0.25) is 0 Å². The molecular formula is C16H17BrN2O. The van der Waals surface area contributed by atoms with E-state index in [1.807, 2.05) is 37.4 Å². The van der Waals surface area contributed by atoms with Crippen molar-refractivity contribution in [2.24, 2.45) is 0 Å². The zero-order valence-corrected chi connectivity index (χ0v) is 13.0. The van der Waals surface area contributed by atoms with Crippen LogP contribution in [0, 0.1) is 6.92 Å². The van der Waals surface area contributed by atoms with E-state index >= 15 is 0 Å². The van der Waals surface area contributed by atoms with Crippen LogP contribution in [0.1, 0.15) is 24.0 Å². The largest absolute Gasteiger partial charge is 0.439 e. The molecule has 104 valence electrons. The summed E-state index contributed by atoms with van der Waals surface area (Å²) in [6.45, 7) is 2.91. The highest BCUT2D eigenvalue weighted by Crippen LogP contribution is 2.27. The molecule has 2 aromatic rings. The molecule has 3 rings (SSSR count). The van der Waals surface area contributed by atoms with Crippen LogP contribution in [0.4, 0.5) is 0 Å². The highest BCUT2D eigenvalue weighted by Gasteiger charge is 2.19. The lowest BCUT2D eigenvalue weighted by molar-refractivity contribution is 0.458. The van der Waals surface area contributed by atoms with E-state index in [0.29, 0.717) is 5.88 Å². The van der Waals surface area contributed by atoms with Crippen LogP contribution in [0.25, 0.3) is 0 Å². The van der Waals surface area contributed by atoms with E-state index in [0.717, 1.165) is 28.4 Å². The summed E-state index contributed by atoms with van der Waals surface area (Å²) >= 11 is 3.45. The summed E-state index contributed by atoms with van der Waals surface area (Å²) in [6, 6.07) is 10.7. The molecule has 1 aliphatic rings. The Hall–Kier alpha value is -1.39. The first-order valence-electron chi connectivity index (χ1n) is 6.83. The average molecular weight is 333 g/mol. The molecule has 4 heteroatoms. The molecule has 1 aromatic carbocycles. The molecule has 0 unspecified atom stereocenters. The maximum atomic E-state index is 5.82. The molecule has 20 heavy (non-hydrogen) atoms. The van der Waals surface area contributed by atoms with E-state index in [9.17, 15) is 0 Å². The number of nitrogens with one attached hydrogen (secondary N) is 1. The standard InChI is InChI=1S/C16H17BrN2O/c1-11-2-4-13(17)8-15(11)20-16-7-3-12(10-19-16)9-18-14-5-6-14/h2-4,7-8,10,14,18H,5-6,9H2,1H3. The fourth-order valence-corrected chi connectivity index (χ4v) is 2.26. The normalized spacial score (nSPS) is 14.3. The zero-order valence-electron chi connectivity index (χ0n) is 11.4. The van der Waals surface area contributed by atoms with Crippen molar-refractivity contribution in [2.45, 2.75) is 32.4 Å². The zero-order chi connectivity index (χ0) is 13.9. The number of benzene rings is 1. The minimum atomic E-state index is 0.626. The Labute approximate surface area is 127 Å². The molecule has 3 nitrogen and oxygen atoms in total. The first-order chi connectivity index (χ1) is 9.70. The molecule has 1 aromatic heterocycles. The first-order valence-corrected chi connectivity index (χ1v) is 7.62. The van der Waals surface area contributed by atoms with Gasteiger partial charge in [0.2, 0.25) is 5.88 Å². The molecule has 0 spiro atoms. The van der Waals surface area contributed by atoms with Crippen molar-refractivity contribution in [1.82, 2.24) is 10.3 Å².